The molecule has 0 aromatic heterocycles. The Bertz CT molecular complexity index is 1370. The summed E-state index contributed by atoms with van der Waals surface area (Å²) in [4.78, 5) is 27.3. The third-order valence-electron chi connectivity index (χ3n) is 6.11. The van der Waals surface area contributed by atoms with E-state index in [2.05, 4.69) is 0 Å². The van der Waals surface area contributed by atoms with E-state index in [0.717, 1.165) is 28.1 Å². The number of ether oxygens (including phenoxy) is 1. The van der Waals surface area contributed by atoms with Gasteiger partial charge in [-0.3, -0.25) is 4.79 Å². The third kappa shape index (κ3) is 5.18. The molecule has 7 nitrogen and oxygen atoms in total. The number of sulfonamides is 1. The summed E-state index contributed by atoms with van der Waals surface area (Å²) in [5, 5.41) is 0. The first-order valence-electron chi connectivity index (χ1n) is 11.6. The molecule has 3 aromatic rings. The average molecular weight is 505 g/mol. The summed E-state index contributed by atoms with van der Waals surface area (Å²) in [6.45, 7) is 2.20. The van der Waals surface area contributed by atoms with E-state index in [1.807, 2.05) is 67.6 Å². The summed E-state index contributed by atoms with van der Waals surface area (Å²) in [7, 11) is -2.93. The molecule has 1 heterocycles. The van der Waals surface area contributed by atoms with E-state index in [1.165, 1.54) is 12.1 Å². The van der Waals surface area contributed by atoms with Crippen LogP contribution >= 0.6 is 0 Å². The largest absolute Gasteiger partial charge is 0.452 e. The first kappa shape index (κ1) is 25.2. The van der Waals surface area contributed by atoms with Crippen molar-refractivity contribution in [3.63, 3.8) is 0 Å². The topological polar surface area (TPSA) is 84.0 Å². The number of rotatable bonds is 8. The first-order valence-corrected chi connectivity index (χ1v) is 13.0. The number of amides is 2. The third-order valence-corrected chi connectivity index (χ3v) is 7.89. The second-order valence-corrected chi connectivity index (χ2v) is 10.4. The summed E-state index contributed by atoms with van der Waals surface area (Å²) in [6, 6.07) is 23.2. The van der Waals surface area contributed by atoms with Crippen molar-refractivity contribution in [3.8, 4) is 0 Å². The van der Waals surface area contributed by atoms with Crippen molar-refractivity contribution >= 4 is 22.0 Å². The van der Waals surface area contributed by atoms with Gasteiger partial charge in [-0.25, -0.2) is 17.5 Å². The van der Waals surface area contributed by atoms with Gasteiger partial charge in [-0.1, -0.05) is 78.4 Å². The molecule has 0 radical (unpaired) electrons. The number of fused-ring (bicyclic) bond motifs is 1. The van der Waals surface area contributed by atoms with Crippen LogP contribution in [0, 0.1) is 6.92 Å². The first-order chi connectivity index (χ1) is 17.3. The van der Waals surface area contributed by atoms with Crippen LogP contribution < -0.4 is 0 Å². The van der Waals surface area contributed by atoms with Crippen LogP contribution in [-0.2, 0) is 21.3 Å². The molecule has 8 heteroatoms. The van der Waals surface area contributed by atoms with Crippen LogP contribution in [0.25, 0.3) is 0 Å². The van der Waals surface area contributed by atoms with Crippen molar-refractivity contribution in [1.82, 2.24) is 9.21 Å². The summed E-state index contributed by atoms with van der Waals surface area (Å²) in [6.07, 6.45) is 3.00. The van der Waals surface area contributed by atoms with Crippen LogP contribution in [-0.4, -0.2) is 43.3 Å². The monoisotopic (exact) mass is 504 g/mol. The Kier molecular flexibility index (Phi) is 7.55. The second kappa shape index (κ2) is 10.8. The van der Waals surface area contributed by atoms with Crippen molar-refractivity contribution in [3.05, 3.63) is 113 Å². The molecule has 0 saturated carbocycles. The molecule has 186 valence electrons. The Morgan fingerprint density at radius 2 is 1.67 bits per heavy atom. The number of carbonyl (C=O) groups is 2. The number of hydrogen-bond acceptors (Lipinski definition) is 5. The van der Waals surface area contributed by atoms with E-state index >= 15 is 0 Å². The van der Waals surface area contributed by atoms with E-state index in [1.54, 1.807) is 23.1 Å². The van der Waals surface area contributed by atoms with Crippen LogP contribution in [0.2, 0.25) is 0 Å². The van der Waals surface area contributed by atoms with Crippen molar-refractivity contribution in [2.24, 2.45) is 0 Å². The Morgan fingerprint density at radius 3 is 2.36 bits per heavy atom. The molecule has 2 amide bonds. The molecule has 0 spiro atoms. The molecule has 0 fully saturated rings. The molecule has 0 N–H and O–H groups in total. The minimum atomic E-state index is -4.08. The zero-order valence-electron chi connectivity index (χ0n) is 20.2. The lowest BCUT2D eigenvalue weighted by molar-refractivity contribution is 0.0740. The van der Waals surface area contributed by atoms with Gasteiger partial charge in [0.25, 0.3) is 15.9 Å². The molecule has 36 heavy (non-hydrogen) atoms. The molecule has 3 aromatic carbocycles. The molecule has 1 aliphatic heterocycles. The van der Waals surface area contributed by atoms with E-state index < -0.39 is 16.1 Å². The fourth-order valence-electron chi connectivity index (χ4n) is 4.22. The highest BCUT2D eigenvalue weighted by molar-refractivity contribution is 7.89. The van der Waals surface area contributed by atoms with Gasteiger partial charge >= 0.3 is 6.09 Å². The summed E-state index contributed by atoms with van der Waals surface area (Å²) < 4.78 is 31.7. The predicted octanol–water partition coefficient (Wildman–Crippen LogP) is 5.10. The van der Waals surface area contributed by atoms with E-state index in [9.17, 15) is 18.0 Å². The van der Waals surface area contributed by atoms with E-state index in [4.69, 9.17) is 4.74 Å². The zero-order valence-corrected chi connectivity index (χ0v) is 21.0. The Hall–Kier alpha value is -3.91. The van der Waals surface area contributed by atoms with Gasteiger partial charge in [0.1, 0.15) is 0 Å². The Labute approximate surface area is 211 Å². The van der Waals surface area contributed by atoms with Gasteiger partial charge in [0.15, 0.2) is 0 Å². The molecule has 1 atom stereocenters. The molecular weight excluding hydrogens is 476 g/mol. The summed E-state index contributed by atoms with van der Waals surface area (Å²) in [5.74, 6) is -0.0535. The molecule has 0 aliphatic carbocycles. The molecule has 1 aliphatic rings. The summed E-state index contributed by atoms with van der Waals surface area (Å²) >= 11 is 0. The quantitative estimate of drug-likeness (QED) is 0.399. The number of methoxy groups -OCH3 is 1. The summed E-state index contributed by atoms with van der Waals surface area (Å²) in [5.41, 5.74) is 3.47. The van der Waals surface area contributed by atoms with Gasteiger partial charge in [0.05, 0.1) is 18.0 Å². The van der Waals surface area contributed by atoms with Gasteiger partial charge in [-0.2, -0.15) is 0 Å². The lowest BCUT2D eigenvalue weighted by Gasteiger charge is -2.23. The highest BCUT2D eigenvalue weighted by atomic mass is 32.2. The molecule has 4 rings (SSSR count). The molecular formula is C28H28N2O5S. The van der Waals surface area contributed by atoms with Crippen molar-refractivity contribution in [2.75, 3.05) is 13.7 Å². The van der Waals surface area contributed by atoms with Gasteiger partial charge in [-0.05, 0) is 42.7 Å². The highest BCUT2D eigenvalue weighted by Crippen LogP contribution is 2.35. The van der Waals surface area contributed by atoms with Crippen molar-refractivity contribution < 1.29 is 22.7 Å². The van der Waals surface area contributed by atoms with Crippen LogP contribution in [0.1, 0.15) is 39.5 Å². The zero-order chi connectivity index (χ0) is 25.7. The molecule has 0 saturated heterocycles. The SMILES string of the molecule is COC(=O)N(CC/C=C/C1c2ccccc2C(=O)N1Cc1ccccc1)S(=O)(=O)c1ccc(C)cc1. The van der Waals surface area contributed by atoms with Crippen LogP contribution in [0.3, 0.4) is 0 Å². The molecule has 0 bridgehead atoms. The normalized spacial score (nSPS) is 15.2. The minimum absolute atomic E-state index is 0.0202. The van der Waals surface area contributed by atoms with Crippen LogP contribution in [0.15, 0.2) is 95.9 Å². The van der Waals surface area contributed by atoms with Crippen molar-refractivity contribution in [1.29, 1.82) is 0 Å². The lowest BCUT2D eigenvalue weighted by Crippen LogP contribution is -2.37. The van der Waals surface area contributed by atoms with E-state index in [0.29, 0.717) is 12.1 Å². The van der Waals surface area contributed by atoms with Gasteiger partial charge < -0.3 is 9.64 Å². The second-order valence-electron chi connectivity index (χ2n) is 8.53. The van der Waals surface area contributed by atoms with Gasteiger partial charge in [-0.15, -0.1) is 0 Å². The maximum Gasteiger partial charge on any atom is 0.423 e. The van der Waals surface area contributed by atoms with E-state index in [-0.39, 0.29) is 29.8 Å². The van der Waals surface area contributed by atoms with Crippen LogP contribution in [0.5, 0.6) is 0 Å². The number of carbonyl (C=O) groups excluding carboxylic acids is 2. The molecule has 1 unspecified atom stereocenters. The number of aryl methyl sites for hydroxylation is 1. The Balaban J connectivity index is 1.54. The van der Waals surface area contributed by atoms with Crippen molar-refractivity contribution in [2.45, 2.75) is 30.8 Å². The minimum Gasteiger partial charge on any atom is -0.452 e. The Morgan fingerprint density at radius 1 is 1.00 bits per heavy atom. The fourth-order valence-corrected chi connectivity index (χ4v) is 5.57. The lowest BCUT2D eigenvalue weighted by atomic mass is 10.0. The maximum absolute atomic E-state index is 13.1. The average Bonchev–Trinajstić information content (AvgIpc) is 3.15. The van der Waals surface area contributed by atoms with Crippen LogP contribution in [0.4, 0.5) is 4.79 Å². The maximum atomic E-state index is 13.1. The fraction of sp³-hybridized carbons (Fsp3) is 0.214. The smallest absolute Gasteiger partial charge is 0.423 e. The predicted molar refractivity (Wildman–Crippen MR) is 137 cm³/mol. The van der Waals surface area contributed by atoms with Gasteiger partial charge in [0, 0.05) is 18.7 Å². The van der Waals surface area contributed by atoms with Gasteiger partial charge in [0.2, 0.25) is 0 Å². The number of hydrogen-bond donors (Lipinski definition) is 0. The number of nitrogens with zero attached hydrogens (tertiary/aromatic N) is 2. The standard InChI is InChI=1S/C28H28N2O5S/c1-21-15-17-23(18-16-21)36(33,34)30(28(32)35-2)19-9-8-14-26-24-12-6-7-13-25(24)27(31)29(26)20-22-10-4-3-5-11-22/h3-8,10-18,26H,9,19-20H2,1-2H3/b14-8+. The highest BCUT2D eigenvalue weighted by Gasteiger charge is 2.35. The number of benzene rings is 3.